The Balaban J connectivity index is 1.64. The summed E-state index contributed by atoms with van der Waals surface area (Å²) in [6, 6.07) is 4.95. The number of hydrogen-bond acceptors (Lipinski definition) is 7. The fourth-order valence-electron chi connectivity index (χ4n) is 4.04. The summed E-state index contributed by atoms with van der Waals surface area (Å²) in [5.74, 6) is -0.774. The summed E-state index contributed by atoms with van der Waals surface area (Å²) in [6.45, 7) is 4.02. The molecule has 0 unspecified atom stereocenters. The minimum atomic E-state index is -4.58. The van der Waals surface area contributed by atoms with Crippen LogP contribution in [-0.2, 0) is 29.4 Å². The van der Waals surface area contributed by atoms with Crippen molar-refractivity contribution in [1.82, 2.24) is 28.7 Å². The van der Waals surface area contributed by atoms with Crippen molar-refractivity contribution in [2.45, 2.75) is 46.0 Å². The van der Waals surface area contributed by atoms with Crippen LogP contribution in [0.25, 0.3) is 22.4 Å². The van der Waals surface area contributed by atoms with Crippen molar-refractivity contribution in [3.63, 3.8) is 0 Å². The molecule has 0 aliphatic heterocycles. The van der Waals surface area contributed by atoms with Crippen LogP contribution in [0, 0.1) is 6.92 Å². The molecule has 0 saturated heterocycles. The number of ketones is 1. The first kappa shape index (κ1) is 27.4. The maximum atomic E-state index is 13.2. The lowest BCUT2D eigenvalue weighted by molar-refractivity contribution is -0.141. The lowest BCUT2D eigenvalue weighted by Gasteiger charge is -2.15. The molecule has 14 heteroatoms. The van der Waals surface area contributed by atoms with Crippen molar-refractivity contribution in [3.8, 4) is 11.3 Å². The number of fused-ring (bicyclic) bond motifs is 1. The predicted octanol–water partition coefficient (Wildman–Crippen LogP) is 2.86. The Kier molecular flexibility index (Phi) is 7.22. The van der Waals surface area contributed by atoms with Gasteiger partial charge in [0.2, 0.25) is 5.91 Å². The molecule has 1 amide bonds. The molecule has 0 saturated carbocycles. The highest BCUT2D eigenvalue weighted by atomic mass is 19.4. The molecule has 39 heavy (non-hydrogen) atoms. The van der Waals surface area contributed by atoms with Crippen LogP contribution in [0.15, 0.2) is 46.4 Å². The molecule has 0 aromatic carbocycles. The first-order valence-electron chi connectivity index (χ1n) is 11.8. The molecule has 0 aliphatic carbocycles. The number of halogens is 3. The van der Waals surface area contributed by atoms with Crippen LogP contribution in [0.5, 0.6) is 0 Å². The number of imidazole rings is 1. The van der Waals surface area contributed by atoms with Gasteiger partial charge in [0.15, 0.2) is 16.9 Å². The number of alkyl halides is 3. The van der Waals surface area contributed by atoms with E-state index in [2.05, 4.69) is 20.3 Å². The molecule has 11 nitrogen and oxygen atoms in total. The van der Waals surface area contributed by atoms with Crippen molar-refractivity contribution < 1.29 is 22.8 Å². The van der Waals surface area contributed by atoms with Gasteiger partial charge in [-0.05, 0) is 37.6 Å². The predicted molar refractivity (Wildman–Crippen MR) is 135 cm³/mol. The van der Waals surface area contributed by atoms with E-state index < -0.39 is 41.6 Å². The van der Waals surface area contributed by atoms with E-state index in [4.69, 9.17) is 0 Å². The number of hydrogen-bond donors (Lipinski definition) is 1. The van der Waals surface area contributed by atoms with Crippen LogP contribution in [0.1, 0.15) is 37.6 Å². The van der Waals surface area contributed by atoms with Gasteiger partial charge >= 0.3 is 11.9 Å². The average Bonchev–Trinajstić information content (AvgIpc) is 3.34. The van der Waals surface area contributed by atoms with Gasteiger partial charge in [-0.3, -0.25) is 28.5 Å². The topological polar surface area (TPSA) is 134 Å². The number of amides is 1. The fraction of sp³-hybridized carbons (Fsp3) is 0.320. The molecule has 4 aromatic heterocycles. The number of rotatable bonds is 7. The number of anilines is 1. The molecule has 0 spiro atoms. The number of nitrogens with one attached hydrogen (secondary N) is 1. The third-order valence-electron chi connectivity index (χ3n) is 6.23. The molecular weight excluding hydrogens is 519 g/mol. The largest absolute Gasteiger partial charge is 0.433 e. The Hall–Kier alpha value is -4.62. The lowest BCUT2D eigenvalue weighted by atomic mass is 10.1. The van der Waals surface area contributed by atoms with Crippen LogP contribution >= 0.6 is 0 Å². The monoisotopic (exact) mass is 543 g/mol. The maximum absolute atomic E-state index is 13.2. The molecule has 1 atom stereocenters. The second-order valence-corrected chi connectivity index (χ2v) is 8.91. The summed E-state index contributed by atoms with van der Waals surface area (Å²) in [7, 11) is 1.41. The summed E-state index contributed by atoms with van der Waals surface area (Å²) < 4.78 is 42.4. The summed E-state index contributed by atoms with van der Waals surface area (Å²) in [6.07, 6.45) is -2.13. The first-order chi connectivity index (χ1) is 18.3. The summed E-state index contributed by atoms with van der Waals surface area (Å²) in [4.78, 5) is 62.8. The highest BCUT2D eigenvalue weighted by molar-refractivity contribution is 5.93. The molecule has 0 radical (unpaired) electrons. The van der Waals surface area contributed by atoms with Gasteiger partial charge in [0.25, 0.3) is 5.56 Å². The zero-order valence-electron chi connectivity index (χ0n) is 21.4. The van der Waals surface area contributed by atoms with E-state index in [9.17, 15) is 32.3 Å². The third kappa shape index (κ3) is 5.22. The van der Waals surface area contributed by atoms with Crippen molar-refractivity contribution in [3.05, 3.63) is 68.9 Å². The summed E-state index contributed by atoms with van der Waals surface area (Å²) in [5, 5.41) is 2.63. The summed E-state index contributed by atoms with van der Waals surface area (Å²) in [5.41, 5.74) is -1.88. The second kappa shape index (κ2) is 10.3. The Bertz CT molecular complexity index is 1720. The van der Waals surface area contributed by atoms with Crippen molar-refractivity contribution >= 4 is 28.7 Å². The summed E-state index contributed by atoms with van der Waals surface area (Å²) >= 11 is 0. The molecule has 4 heterocycles. The number of nitrogens with zero attached hydrogens (tertiary/aromatic N) is 6. The van der Waals surface area contributed by atoms with Gasteiger partial charge in [-0.2, -0.15) is 13.2 Å². The zero-order valence-corrected chi connectivity index (χ0v) is 21.4. The zero-order chi connectivity index (χ0) is 28.6. The molecule has 4 rings (SSSR count). The van der Waals surface area contributed by atoms with Crippen LogP contribution in [0.2, 0.25) is 0 Å². The SMILES string of the molecule is CCC(=O)Cn1c(=O)c2c(ncn2[C@@H](C)C(=O)Nc2cccc(-c3cnc(C(F)(F)F)c(C)c3)n2)n(C)c1=O. The first-order valence-corrected chi connectivity index (χ1v) is 11.8. The normalized spacial score (nSPS) is 12.5. The number of pyridine rings is 2. The van der Waals surface area contributed by atoms with Crippen LogP contribution < -0.4 is 16.6 Å². The number of aromatic nitrogens is 6. The van der Waals surface area contributed by atoms with Gasteiger partial charge in [0.05, 0.1) is 18.6 Å². The minimum Gasteiger partial charge on any atom is -0.312 e. The number of Topliss-reactive ketones (excluding diaryl/α,β-unsaturated/α-hetero) is 1. The van der Waals surface area contributed by atoms with Crippen molar-refractivity contribution in [2.24, 2.45) is 7.05 Å². The smallest absolute Gasteiger partial charge is 0.312 e. The quantitative estimate of drug-likeness (QED) is 0.379. The van der Waals surface area contributed by atoms with Gasteiger partial charge in [0.1, 0.15) is 17.6 Å². The van der Waals surface area contributed by atoms with E-state index >= 15 is 0 Å². The van der Waals surface area contributed by atoms with Gasteiger partial charge in [-0.25, -0.2) is 14.8 Å². The van der Waals surface area contributed by atoms with E-state index in [0.717, 1.165) is 15.3 Å². The van der Waals surface area contributed by atoms with Crippen LogP contribution in [-0.4, -0.2) is 40.3 Å². The Morgan fingerprint density at radius 1 is 1.15 bits per heavy atom. The molecule has 0 aliphatic rings. The molecule has 0 bridgehead atoms. The van der Waals surface area contributed by atoms with Gasteiger partial charge in [0, 0.05) is 25.2 Å². The average molecular weight is 544 g/mol. The van der Waals surface area contributed by atoms with E-state index in [1.54, 1.807) is 19.1 Å². The minimum absolute atomic E-state index is 0.0309. The van der Waals surface area contributed by atoms with Crippen molar-refractivity contribution in [2.75, 3.05) is 5.32 Å². The molecule has 204 valence electrons. The standard InChI is InChI=1S/C25H24F3N7O4/c1-5-16(36)11-34-23(38)19-21(33(4)24(34)39)30-12-35(19)14(3)22(37)32-18-8-6-7-17(31-18)15-9-13(2)20(29-10-15)25(26,27)28/h6-10,12,14H,5,11H2,1-4H3,(H,31,32,37)/t14-/m0/s1. The highest BCUT2D eigenvalue weighted by Gasteiger charge is 2.34. The van der Waals surface area contributed by atoms with Gasteiger partial charge in [-0.15, -0.1) is 0 Å². The number of carbonyl (C=O) groups excluding carboxylic acids is 2. The molecular formula is C25H24F3N7O4. The number of aryl methyl sites for hydroxylation is 2. The molecule has 0 fully saturated rings. The maximum Gasteiger partial charge on any atom is 0.433 e. The number of carbonyl (C=O) groups is 2. The molecule has 1 N–H and O–H groups in total. The van der Waals surface area contributed by atoms with E-state index in [0.29, 0.717) is 5.56 Å². The van der Waals surface area contributed by atoms with Crippen LogP contribution in [0.4, 0.5) is 19.0 Å². The second-order valence-electron chi connectivity index (χ2n) is 8.91. The fourth-order valence-corrected chi connectivity index (χ4v) is 4.04. The lowest BCUT2D eigenvalue weighted by Crippen LogP contribution is -2.41. The Morgan fingerprint density at radius 2 is 1.87 bits per heavy atom. The van der Waals surface area contributed by atoms with Crippen LogP contribution in [0.3, 0.4) is 0 Å². The third-order valence-corrected chi connectivity index (χ3v) is 6.23. The van der Waals surface area contributed by atoms with Gasteiger partial charge in [-0.1, -0.05) is 13.0 Å². The highest BCUT2D eigenvalue weighted by Crippen LogP contribution is 2.31. The van der Waals surface area contributed by atoms with E-state index in [1.807, 2.05) is 0 Å². The van der Waals surface area contributed by atoms with Gasteiger partial charge < -0.3 is 9.88 Å². The van der Waals surface area contributed by atoms with E-state index in [1.165, 1.54) is 43.9 Å². The van der Waals surface area contributed by atoms with E-state index in [-0.39, 0.29) is 40.4 Å². The Labute approximate surface area is 219 Å². The Morgan fingerprint density at radius 3 is 2.51 bits per heavy atom. The molecule has 4 aromatic rings. The van der Waals surface area contributed by atoms with Crippen molar-refractivity contribution in [1.29, 1.82) is 0 Å².